The zero-order valence-corrected chi connectivity index (χ0v) is 34.2. The molecule has 0 saturated heterocycles. The van der Waals surface area contributed by atoms with Crippen molar-refractivity contribution in [3.05, 3.63) is 141 Å². The summed E-state index contributed by atoms with van der Waals surface area (Å²) in [5.74, 6) is -0.940. The molecule has 310 valence electrons. The van der Waals surface area contributed by atoms with E-state index in [1.807, 2.05) is 68.4 Å². The molecule has 4 atom stereocenters. The van der Waals surface area contributed by atoms with Crippen molar-refractivity contribution < 1.29 is 42.1 Å². The Kier molecular flexibility index (Phi) is 12.2. The summed E-state index contributed by atoms with van der Waals surface area (Å²) in [6.07, 6.45) is -0.226. The number of fused-ring (bicyclic) bond motifs is 9. The Labute approximate surface area is 347 Å². The molecule has 2 N–H and O–H groups in total. The standard InChI is InChI=1S/C48H49ClF3NO6/c1-4-58-45(56)53(28-33-12-7-11-32-10-5-6-13-36(32)33)29-47(57)24-22-40-37-18-15-31(25-35(54)17-14-30(2)9-8-23-46(40,47)3)26-38(37)44(55)43-21-20-42(59-43)39-27-34(48(50,51)52)16-19-41(39)49/h5-7,9-13,15-16,18-21,26-27,35,40,54,57H,4,8,14,17,22-25,28-29H2,1-3H3. The summed E-state index contributed by atoms with van der Waals surface area (Å²) in [4.78, 5) is 30.0. The molecule has 0 spiro atoms. The predicted molar refractivity (Wildman–Crippen MR) is 222 cm³/mol. The van der Waals surface area contributed by atoms with Crippen LogP contribution in [0.15, 0.2) is 107 Å². The number of hydrogen-bond donors (Lipinski definition) is 2. The van der Waals surface area contributed by atoms with E-state index >= 15 is 0 Å². The van der Waals surface area contributed by atoms with Crippen molar-refractivity contribution in [1.29, 1.82) is 0 Å². The number of nitrogens with zero attached hydrogens (tertiary/aromatic N) is 1. The molecule has 8 rings (SSSR count). The minimum atomic E-state index is -4.61. The average molecular weight is 828 g/mol. The van der Waals surface area contributed by atoms with Crippen LogP contribution in [-0.4, -0.2) is 51.8 Å². The number of furan rings is 1. The fourth-order valence-electron chi connectivity index (χ4n) is 9.18. The topological polar surface area (TPSA) is 100 Å². The third-order valence-corrected chi connectivity index (χ3v) is 12.9. The molecule has 2 bridgehead atoms. The fraction of sp³-hybridized carbons (Fsp3) is 0.375. The van der Waals surface area contributed by atoms with Gasteiger partial charge in [0, 0.05) is 23.1 Å². The normalized spacial score (nSPS) is 22.4. The predicted octanol–water partition coefficient (Wildman–Crippen LogP) is 11.7. The first kappa shape index (κ1) is 42.2. The van der Waals surface area contributed by atoms with Crippen LogP contribution in [0, 0.1) is 5.41 Å². The van der Waals surface area contributed by atoms with E-state index in [1.54, 1.807) is 17.9 Å². The van der Waals surface area contributed by atoms with Crippen LogP contribution in [0.1, 0.15) is 104 Å². The number of rotatable bonds is 8. The first-order chi connectivity index (χ1) is 28.1. The highest BCUT2D eigenvalue weighted by Gasteiger charge is 2.58. The smallest absolute Gasteiger partial charge is 0.416 e. The highest BCUT2D eigenvalue weighted by molar-refractivity contribution is 6.33. The zero-order valence-electron chi connectivity index (χ0n) is 33.4. The summed E-state index contributed by atoms with van der Waals surface area (Å²) in [7, 11) is 0. The van der Waals surface area contributed by atoms with Gasteiger partial charge in [0.25, 0.3) is 0 Å². The van der Waals surface area contributed by atoms with Gasteiger partial charge >= 0.3 is 12.3 Å². The maximum atomic E-state index is 14.7. The molecule has 7 nitrogen and oxygen atoms in total. The van der Waals surface area contributed by atoms with Gasteiger partial charge in [0.05, 0.1) is 35.4 Å². The van der Waals surface area contributed by atoms with Gasteiger partial charge in [-0.1, -0.05) is 84.8 Å². The number of aliphatic hydroxyl groups excluding tert-OH is 1. The number of halogens is 4. The highest BCUT2D eigenvalue weighted by atomic mass is 35.5. The monoisotopic (exact) mass is 827 g/mol. The average Bonchev–Trinajstić information content (AvgIpc) is 3.79. The number of amides is 1. The molecule has 1 saturated carbocycles. The van der Waals surface area contributed by atoms with Crippen molar-refractivity contribution in [2.75, 3.05) is 13.2 Å². The number of alkyl halides is 3. The molecule has 1 aromatic heterocycles. The number of carbonyl (C=O) groups is 2. The van der Waals surface area contributed by atoms with E-state index < -0.39 is 40.7 Å². The molecule has 0 aliphatic heterocycles. The quantitative estimate of drug-likeness (QED) is 0.119. The fourth-order valence-corrected chi connectivity index (χ4v) is 9.39. The number of hydrogen-bond acceptors (Lipinski definition) is 6. The van der Waals surface area contributed by atoms with Gasteiger partial charge in [-0.05, 0) is 129 Å². The second kappa shape index (κ2) is 17.0. The minimum Gasteiger partial charge on any atom is -0.453 e. The van der Waals surface area contributed by atoms with E-state index in [0.29, 0.717) is 56.1 Å². The largest absolute Gasteiger partial charge is 0.453 e. The van der Waals surface area contributed by atoms with Crippen LogP contribution in [0.4, 0.5) is 18.0 Å². The third-order valence-electron chi connectivity index (χ3n) is 12.5. The molecule has 4 unspecified atom stereocenters. The van der Waals surface area contributed by atoms with Gasteiger partial charge in [0.1, 0.15) is 5.76 Å². The highest BCUT2D eigenvalue weighted by Crippen LogP contribution is 2.59. The van der Waals surface area contributed by atoms with Gasteiger partial charge < -0.3 is 24.3 Å². The number of ketones is 1. The maximum absolute atomic E-state index is 14.7. The molecule has 11 heteroatoms. The van der Waals surface area contributed by atoms with Crippen molar-refractivity contribution in [3.8, 4) is 11.3 Å². The maximum Gasteiger partial charge on any atom is 0.416 e. The van der Waals surface area contributed by atoms with E-state index in [9.17, 15) is 33.0 Å². The number of ether oxygens (including phenoxy) is 1. The van der Waals surface area contributed by atoms with E-state index in [4.69, 9.17) is 20.8 Å². The Hall–Kier alpha value is -4.90. The number of carbonyl (C=O) groups excluding carboxylic acids is 2. The van der Waals surface area contributed by atoms with Crippen LogP contribution in [0.25, 0.3) is 22.1 Å². The van der Waals surface area contributed by atoms with Gasteiger partial charge in [-0.25, -0.2) is 4.79 Å². The first-order valence-corrected chi connectivity index (χ1v) is 20.6. The molecule has 0 radical (unpaired) electrons. The SMILES string of the molecule is CCOC(=O)N(Cc1cccc2ccccc12)CC1(O)CCC2c3ccc(cc3C(=O)c3ccc(-c4cc(C(F)(F)F)ccc4Cl)o3)CC(O)CCC(C)=CCCC21C. The van der Waals surface area contributed by atoms with Crippen molar-refractivity contribution in [2.24, 2.45) is 5.41 Å². The van der Waals surface area contributed by atoms with E-state index in [1.165, 1.54) is 12.1 Å². The lowest BCUT2D eigenvalue weighted by molar-refractivity contribution is -0.137. The summed E-state index contributed by atoms with van der Waals surface area (Å²) in [5, 5.41) is 26.2. The molecule has 59 heavy (non-hydrogen) atoms. The Morgan fingerprint density at radius 3 is 2.54 bits per heavy atom. The van der Waals surface area contributed by atoms with Crippen molar-refractivity contribution in [2.45, 2.75) is 96.1 Å². The van der Waals surface area contributed by atoms with Gasteiger partial charge in [-0.15, -0.1) is 0 Å². The lowest BCUT2D eigenvalue weighted by atomic mass is 9.64. The third kappa shape index (κ3) is 8.72. The molecule has 1 heterocycles. The van der Waals surface area contributed by atoms with Gasteiger partial charge in [0.15, 0.2) is 5.76 Å². The Bertz CT molecular complexity index is 2380. The molecular weight excluding hydrogens is 779 g/mol. The van der Waals surface area contributed by atoms with Crippen LogP contribution in [0.2, 0.25) is 5.02 Å². The van der Waals surface area contributed by atoms with Crippen LogP contribution in [0.3, 0.4) is 0 Å². The summed E-state index contributed by atoms with van der Waals surface area (Å²) < 4.78 is 52.5. The number of aliphatic hydroxyl groups is 2. The summed E-state index contributed by atoms with van der Waals surface area (Å²) in [5.41, 5.74) is 0.580. The lowest BCUT2D eigenvalue weighted by Gasteiger charge is -2.46. The molecule has 1 fully saturated rings. The van der Waals surface area contributed by atoms with Crippen LogP contribution < -0.4 is 0 Å². The van der Waals surface area contributed by atoms with Gasteiger partial charge in [0.2, 0.25) is 5.78 Å². The van der Waals surface area contributed by atoms with Crippen LogP contribution in [-0.2, 0) is 23.9 Å². The molecule has 3 aliphatic carbocycles. The summed E-state index contributed by atoms with van der Waals surface area (Å²) in [6.45, 7) is 6.18. The van der Waals surface area contributed by atoms with Crippen LogP contribution in [0.5, 0.6) is 0 Å². The molecule has 1 amide bonds. The molecule has 3 aliphatic rings. The van der Waals surface area contributed by atoms with Gasteiger partial charge in [-0.3, -0.25) is 4.79 Å². The Morgan fingerprint density at radius 1 is 0.983 bits per heavy atom. The second-order valence-corrected chi connectivity index (χ2v) is 16.7. The van der Waals surface area contributed by atoms with Crippen molar-refractivity contribution in [3.63, 3.8) is 0 Å². The van der Waals surface area contributed by atoms with Crippen molar-refractivity contribution >= 4 is 34.2 Å². The van der Waals surface area contributed by atoms with Crippen LogP contribution >= 0.6 is 11.6 Å². The van der Waals surface area contributed by atoms with Gasteiger partial charge in [-0.2, -0.15) is 13.2 Å². The number of benzene rings is 4. The Balaban J connectivity index is 1.29. The van der Waals surface area contributed by atoms with E-state index in [0.717, 1.165) is 45.7 Å². The summed E-state index contributed by atoms with van der Waals surface area (Å²) >= 11 is 6.34. The molecule has 4 aromatic carbocycles. The van der Waals surface area contributed by atoms with E-state index in [2.05, 4.69) is 6.08 Å². The molecular formula is C48H49ClF3NO6. The zero-order chi connectivity index (χ0) is 42.1. The summed E-state index contributed by atoms with van der Waals surface area (Å²) in [6, 6.07) is 25.2. The van der Waals surface area contributed by atoms with Crippen molar-refractivity contribution in [1.82, 2.24) is 4.90 Å². The van der Waals surface area contributed by atoms with E-state index in [-0.39, 0.29) is 47.7 Å². The minimum absolute atomic E-state index is 0.00136. The first-order valence-electron chi connectivity index (χ1n) is 20.2. The second-order valence-electron chi connectivity index (χ2n) is 16.3. The lowest BCUT2D eigenvalue weighted by Crippen LogP contribution is -2.53. The Morgan fingerprint density at radius 2 is 1.76 bits per heavy atom. The number of allylic oxidation sites excluding steroid dienone is 2. The molecule has 5 aromatic rings.